The number of hydrogen-bond acceptors (Lipinski definition) is 4. The minimum absolute atomic E-state index is 0.0305. The lowest BCUT2D eigenvalue weighted by molar-refractivity contribution is -0.138. The molecule has 7 nitrogen and oxygen atoms in total. The molecule has 0 saturated carbocycles. The number of rotatable bonds is 5. The van der Waals surface area contributed by atoms with Crippen LogP contribution in [0.4, 0.5) is 4.79 Å². The van der Waals surface area contributed by atoms with E-state index in [-0.39, 0.29) is 18.4 Å². The van der Waals surface area contributed by atoms with Gasteiger partial charge in [0.2, 0.25) is 0 Å². The van der Waals surface area contributed by atoms with Crippen molar-refractivity contribution in [2.75, 3.05) is 52.5 Å². The number of aliphatic carboxylic acids is 1. The van der Waals surface area contributed by atoms with E-state index in [0.29, 0.717) is 19.6 Å². The Morgan fingerprint density at radius 1 is 1.14 bits per heavy atom. The summed E-state index contributed by atoms with van der Waals surface area (Å²) in [6.45, 7) is 6.20. The van der Waals surface area contributed by atoms with Gasteiger partial charge in [-0.1, -0.05) is 0 Å². The Kier molecular flexibility index (Phi) is 6.25. The number of carboxylic acid groups (broad SMARTS) is 1. The van der Waals surface area contributed by atoms with Gasteiger partial charge in [-0.2, -0.15) is 0 Å². The largest absolute Gasteiger partial charge is 0.481 e. The van der Waals surface area contributed by atoms with Crippen molar-refractivity contribution in [2.45, 2.75) is 19.3 Å². The first-order valence-corrected chi connectivity index (χ1v) is 7.70. The highest BCUT2D eigenvalue weighted by atomic mass is 16.5. The molecule has 2 aliphatic rings. The van der Waals surface area contributed by atoms with Crippen molar-refractivity contribution in [2.24, 2.45) is 5.92 Å². The zero-order chi connectivity index (χ0) is 15.1. The molecule has 0 bridgehead atoms. The van der Waals surface area contributed by atoms with Gasteiger partial charge in [0.25, 0.3) is 0 Å². The van der Waals surface area contributed by atoms with E-state index in [1.807, 2.05) is 0 Å². The number of nitrogens with one attached hydrogen (secondary N) is 1. The summed E-state index contributed by atoms with van der Waals surface area (Å²) in [6, 6.07) is -0.0305. The van der Waals surface area contributed by atoms with Crippen molar-refractivity contribution in [3.05, 3.63) is 0 Å². The molecule has 0 spiro atoms. The minimum Gasteiger partial charge on any atom is -0.481 e. The molecule has 120 valence electrons. The van der Waals surface area contributed by atoms with Gasteiger partial charge in [-0.25, -0.2) is 4.79 Å². The maximum Gasteiger partial charge on any atom is 0.317 e. The summed E-state index contributed by atoms with van der Waals surface area (Å²) in [5, 5.41) is 11.7. The van der Waals surface area contributed by atoms with Crippen LogP contribution < -0.4 is 5.32 Å². The minimum atomic E-state index is -0.747. The summed E-state index contributed by atoms with van der Waals surface area (Å²) < 4.78 is 5.28. The van der Waals surface area contributed by atoms with Gasteiger partial charge >= 0.3 is 12.0 Å². The van der Waals surface area contributed by atoms with Crippen LogP contribution in [0.1, 0.15) is 19.3 Å². The van der Waals surface area contributed by atoms with Crippen LogP contribution in [0.25, 0.3) is 0 Å². The Hall–Kier alpha value is -1.34. The van der Waals surface area contributed by atoms with E-state index in [0.717, 1.165) is 45.7 Å². The Bertz CT molecular complexity index is 350. The average Bonchev–Trinajstić information content (AvgIpc) is 2.48. The molecule has 2 fully saturated rings. The number of likely N-dealkylation sites (tertiary alicyclic amines) is 1. The van der Waals surface area contributed by atoms with E-state index in [9.17, 15) is 9.59 Å². The second-order valence-corrected chi connectivity index (χ2v) is 5.71. The summed E-state index contributed by atoms with van der Waals surface area (Å²) in [6.07, 6.45) is 1.78. The van der Waals surface area contributed by atoms with E-state index >= 15 is 0 Å². The molecular weight excluding hydrogens is 274 g/mol. The van der Waals surface area contributed by atoms with Crippen molar-refractivity contribution < 1.29 is 19.4 Å². The third-order valence-electron chi connectivity index (χ3n) is 4.17. The monoisotopic (exact) mass is 299 g/mol. The van der Waals surface area contributed by atoms with Gasteiger partial charge in [0.1, 0.15) is 0 Å². The highest BCUT2D eigenvalue weighted by Gasteiger charge is 2.24. The number of piperidine rings is 1. The van der Waals surface area contributed by atoms with E-state index in [1.165, 1.54) is 0 Å². The lowest BCUT2D eigenvalue weighted by atomic mass is 9.94. The highest BCUT2D eigenvalue weighted by Crippen LogP contribution is 2.20. The number of ether oxygens (including phenoxy) is 1. The molecule has 0 atom stereocenters. The number of carboxylic acids is 1. The van der Waals surface area contributed by atoms with Crippen LogP contribution in [0.15, 0.2) is 0 Å². The number of carbonyl (C=O) groups excluding carboxylic acids is 1. The van der Waals surface area contributed by atoms with Gasteiger partial charge in [0.05, 0.1) is 13.2 Å². The van der Waals surface area contributed by atoms with Gasteiger partial charge in [-0.15, -0.1) is 0 Å². The van der Waals surface area contributed by atoms with Crippen molar-refractivity contribution in [3.8, 4) is 0 Å². The predicted octanol–water partition coefficient (Wildman–Crippen LogP) is 0.215. The lowest BCUT2D eigenvalue weighted by Gasteiger charge is -2.32. The summed E-state index contributed by atoms with van der Waals surface area (Å²) in [5.41, 5.74) is 0. The SMILES string of the molecule is O=C(O)CC1CCN(C(=O)NCCN2CCOCC2)CC1. The van der Waals surface area contributed by atoms with Crippen molar-refractivity contribution in [1.29, 1.82) is 0 Å². The van der Waals surface area contributed by atoms with Crippen LogP contribution >= 0.6 is 0 Å². The molecule has 2 amide bonds. The first-order chi connectivity index (χ1) is 10.1. The van der Waals surface area contributed by atoms with Crippen LogP contribution in [0.5, 0.6) is 0 Å². The number of amides is 2. The molecule has 0 unspecified atom stereocenters. The number of hydrogen-bond donors (Lipinski definition) is 2. The summed E-state index contributed by atoms with van der Waals surface area (Å²) >= 11 is 0. The molecule has 0 aliphatic carbocycles. The summed E-state index contributed by atoms with van der Waals surface area (Å²) in [5.74, 6) is -0.539. The van der Waals surface area contributed by atoms with Crippen LogP contribution in [0, 0.1) is 5.92 Å². The standard InChI is InChI=1S/C14H25N3O4/c18-13(19)11-12-1-4-17(5-2-12)14(20)15-3-6-16-7-9-21-10-8-16/h12H,1-11H2,(H,15,20)(H,18,19). The molecule has 2 rings (SSSR count). The number of nitrogens with zero attached hydrogens (tertiary/aromatic N) is 2. The molecule has 0 aromatic heterocycles. The van der Waals surface area contributed by atoms with E-state index < -0.39 is 5.97 Å². The Morgan fingerprint density at radius 2 is 1.81 bits per heavy atom. The smallest absolute Gasteiger partial charge is 0.317 e. The maximum absolute atomic E-state index is 12.0. The third kappa shape index (κ3) is 5.51. The first kappa shape index (κ1) is 16.0. The Labute approximate surface area is 125 Å². The van der Waals surface area contributed by atoms with Crippen molar-refractivity contribution in [1.82, 2.24) is 15.1 Å². The van der Waals surface area contributed by atoms with Gasteiger partial charge < -0.3 is 20.1 Å². The Morgan fingerprint density at radius 3 is 2.43 bits per heavy atom. The zero-order valence-corrected chi connectivity index (χ0v) is 12.4. The topological polar surface area (TPSA) is 82.1 Å². The van der Waals surface area contributed by atoms with Crippen LogP contribution in [0.2, 0.25) is 0 Å². The fourth-order valence-electron chi connectivity index (χ4n) is 2.84. The first-order valence-electron chi connectivity index (χ1n) is 7.70. The molecule has 0 radical (unpaired) electrons. The van der Waals surface area contributed by atoms with Gasteiger partial charge in [-0.3, -0.25) is 9.69 Å². The third-order valence-corrected chi connectivity index (χ3v) is 4.17. The second kappa shape index (κ2) is 8.19. The van der Waals surface area contributed by atoms with Crippen LogP contribution in [0.3, 0.4) is 0 Å². The number of morpholine rings is 1. The van der Waals surface area contributed by atoms with E-state index in [4.69, 9.17) is 9.84 Å². The molecular formula is C14H25N3O4. The molecule has 2 heterocycles. The molecule has 0 aromatic rings. The van der Waals surface area contributed by atoms with Gasteiger partial charge in [0, 0.05) is 45.7 Å². The summed E-state index contributed by atoms with van der Waals surface area (Å²) in [7, 11) is 0. The van der Waals surface area contributed by atoms with Crippen molar-refractivity contribution in [3.63, 3.8) is 0 Å². The normalized spacial score (nSPS) is 21.2. The van der Waals surface area contributed by atoms with Gasteiger partial charge in [0.15, 0.2) is 0 Å². The zero-order valence-electron chi connectivity index (χ0n) is 12.4. The molecule has 2 aliphatic heterocycles. The lowest BCUT2D eigenvalue weighted by Crippen LogP contribution is -2.47. The van der Waals surface area contributed by atoms with E-state index in [1.54, 1.807) is 4.90 Å². The van der Waals surface area contributed by atoms with E-state index in [2.05, 4.69) is 10.2 Å². The average molecular weight is 299 g/mol. The Balaban J connectivity index is 1.59. The fourth-order valence-corrected chi connectivity index (χ4v) is 2.84. The molecule has 2 N–H and O–H groups in total. The predicted molar refractivity (Wildman–Crippen MR) is 77.2 cm³/mol. The van der Waals surface area contributed by atoms with Gasteiger partial charge in [-0.05, 0) is 18.8 Å². The number of carbonyl (C=O) groups is 2. The summed E-state index contributed by atoms with van der Waals surface area (Å²) in [4.78, 5) is 26.8. The molecule has 2 saturated heterocycles. The molecule has 7 heteroatoms. The molecule has 0 aromatic carbocycles. The molecule has 21 heavy (non-hydrogen) atoms. The second-order valence-electron chi connectivity index (χ2n) is 5.71. The van der Waals surface area contributed by atoms with Crippen LogP contribution in [-0.2, 0) is 9.53 Å². The highest BCUT2D eigenvalue weighted by molar-refractivity contribution is 5.74. The quantitative estimate of drug-likeness (QED) is 0.758. The van der Waals surface area contributed by atoms with Crippen molar-refractivity contribution >= 4 is 12.0 Å². The van der Waals surface area contributed by atoms with Crippen LogP contribution in [-0.4, -0.2) is 79.4 Å². The number of urea groups is 1. The fraction of sp³-hybridized carbons (Fsp3) is 0.857. The maximum atomic E-state index is 12.0.